The van der Waals surface area contributed by atoms with Gasteiger partial charge in [0.1, 0.15) is 6.17 Å². The molecule has 5 heteroatoms. The van der Waals surface area contributed by atoms with Crippen molar-refractivity contribution in [1.29, 1.82) is 0 Å². The van der Waals surface area contributed by atoms with Crippen molar-refractivity contribution in [2.24, 2.45) is 5.92 Å². The molecule has 0 bridgehead atoms. The van der Waals surface area contributed by atoms with Crippen molar-refractivity contribution in [2.45, 2.75) is 25.9 Å². The van der Waals surface area contributed by atoms with Crippen molar-refractivity contribution in [3.8, 4) is 11.4 Å². The van der Waals surface area contributed by atoms with Gasteiger partial charge in [-0.2, -0.15) is 0 Å². The third-order valence-electron chi connectivity index (χ3n) is 6.11. The summed E-state index contributed by atoms with van der Waals surface area (Å²) in [6.45, 7) is 8.46. The van der Waals surface area contributed by atoms with E-state index in [-0.39, 0.29) is 12.1 Å². The Morgan fingerprint density at radius 1 is 1.00 bits per heavy atom. The van der Waals surface area contributed by atoms with Gasteiger partial charge in [-0.1, -0.05) is 55.5 Å². The molecule has 0 radical (unpaired) electrons. The number of anilines is 3. The molecule has 1 aromatic heterocycles. The number of aromatic nitrogens is 3. The van der Waals surface area contributed by atoms with Crippen molar-refractivity contribution in [3.05, 3.63) is 72.3 Å². The first kappa shape index (κ1) is 16.9. The van der Waals surface area contributed by atoms with Crippen molar-refractivity contribution >= 4 is 17.3 Å². The highest BCUT2D eigenvalue weighted by molar-refractivity contribution is 5.82. The standard InChI is InChI=1S/C23H23N5/c1-5-16-15(3)23-27(4)22-21(28(23)19-13-9-8-12-18(16)19)24-20(25-26-22)17-11-7-6-10-14(17)2/h5-13,15-16,23H,1H2,2-4H3. The van der Waals surface area contributed by atoms with E-state index in [0.29, 0.717) is 11.7 Å². The molecule has 0 saturated heterocycles. The Kier molecular flexibility index (Phi) is 3.72. The molecule has 5 nitrogen and oxygen atoms in total. The van der Waals surface area contributed by atoms with Crippen molar-refractivity contribution < 1.29 is 0 Å². The predicted molar refractivity (Wildman–Crippen MR) is 113 cm³/mol. The van der Waals surface area contributed by atoms with Crippen LogP contribution in [0.1, 0.15) is 24.0 Å². The van der Waals surface area contributed by atoms with Crippen molar-refractivity contribution in [1.82, 2.24) is 15.2 Å². The van der Waals surface area contributed by atoms with Gasteiger partial charge in [0.05, 0.1) is 0 Å². The molecule has 140 valence electrons. The highest BCUT2D eigenvalue weighted by Crippen LogP contribution is 2.52. The number of para-hydroxylation sites is 1. The molecule has 0 saturated carbocycles. The van der Waals surface area contributed by atoms with Gasteiger partial charge in [0.15, 0.2) is 17.5 Å². The Balaban J connectivity index is 1.72. The van der Waals surface area contributed by atoms with Gasteiger partial charge in [0.2, 0.25) is 0 Å². The molecule has 0 N–H and O–H groups in total. The lowest BCUT2D eigenvalue weighted by atomic mass is 9.80. The average molecular weight is 369 g/mol. The molecule has 3 aromatic rings. The second-order valence-corrected chi connectivity index (χ2v) is 7.67. The van der Waals surface area contributed by atoms with Gasteiger partial charge >= 0.3 is 0 Å². The molecule has 3 heterocycles. The molecule has 3 unspecified atom stereocenters. The van der Waals surface area contributed by atoms with Gasteiger partial charge < -0.3 is 9.80 Å². The van der Waals surface area contributed by atoms with E-state index in [2.05, 4.69) is 89.9 Å². The third kappa shape index (κ3) is 2.22. The molecule has 5 rings (SSSR count). The summed E-state index contributed by atoms with van der Waals surface area (Å²) in [5.74, 6) is 3.01. The van der Waals surface area contributed by atoms with E-state index in [9.17, 15) is 0 Å². The third-order valence-corrected chi connectivity index (χ3v) is 6.11. The fraction of sp³-hybridized carbons (Fsp3) is 0.261. The highest BCUT2D eigenvalue weighted by atomic mass is 15.5. The lowest BCUT2D eigenvalue weighted by molar-refractivity contribution is 0.401. The minimum absolute atomic E-state index is 0.141. The number of benzene rings is 2. The quantitative estimate of drug-likeness (QED) is 0.614. The molecule has 0 amide bonds. The van der Waals surface area contributed by atoms with Crippen molar-refractivity contribution in [3.63, 3.8) is 0 Å². The number of aryl methyl sites for hydroxylation is 1. The van der Waals surface area contributed by atoms with E-state index in [4.69, 9.17) is 4.98 Å². The highest BCUT2D eigenvalue weighted by Gasteiger charge is 2.47. The number of hydrogen-bond acceptors (Lipinski definition) is 5. The fourth-order valence-corrected chi connectivity index (χ4v) is 4.71. The maximum atomic E-state index is 4.99. The Hall–Kier alpha value is -3.21. The Morgan fingerprint density at radius 2 is 1.75 bits per heavy atom. The summed E-state index contributed by atoms with van der Waals surface area (Å²) in [6, 6.07) is 16.7. The first-order chi connectivity index (χ1) is 13.6. The second kappa shape index (κ2) is 6.16. The van der Waals surface area contributed by atoms with Gasteiger partial charge in [0, 0.05) is 30.1 Å². The molecule has 0 fully saturated rings. The largest absolute Gasteiger partial charge is 0.334 e. The average Bonchev–Trinajstić information content (AvgIpc) is 3.01. The summed E-state index contributed by atoms with van der Waals surface area (Å²) in [7, 11) is 2.08. The summed E-state index contributed by atoms with van der Waals surface area (Å²) in [5.41, 5.74) is 4.63. The van der Waals surface area contributed by atoms with E-state index < -0.39 is 0 Å². The van der Waals surface area contributed by atoms with Crippen LogP contribution in [0.15, 0.2) is 61.2 Å². The van der Waals surface area contributed by atoms with Crippen LogP contribution in [0, 0.1) is 12.8 Å². The van der Waals surface area contributed by atoms with Crippen LogP contribution >= 0.6 is 0 Å². The second-order valence-electron chi connectivity index (χ2n) is 7.67. The van der Waals surface area contributed by atoms with Gasteiger partial charge in [-0.05, 0) is 24.1 Å². The maximum Gasteiger partial charge on any atom is 0.196 e. The topological polar surface area (TPSA) is 45.2 Å². The van der Waals surface area contributed by atoms with Crippen LogP contribution in [0.2, 0.25) is 0 Å². The Labute approximate surface area is 165 Å². The van der Waals surface area contributed by atoms with Crippen LogP contribution in [0.4, 0.5) is 17.3 Å². The summed E-state index contributed by atoms with van der Waals surface area (Å²) < 4.78 is 0. The maximum absolute atomic E-state index is 4.99. The molecule has 0 aliphatic carbocycles. The van der Waals surface area contributed by atoms with Crippen LogP contribution in [0.5, 0.6) is 0 Å². The molecule has 0 spiro atoms. The number of rotatable bonds is 2. The zero-order valence-electron chi connectivity index (χ0n) is 16.4. The monoisotopic (exact) mass is 369 g/mol. The molecule has 2 aromatic carbocycles. The Bertz CT molecular complexity index is 1080. The Morgan fingerprint density at radius 3 is 2.54 bits per heavy atom. The van der Waals surface area contributed by atoms with Gasteiger partial charge in [0.25, 0.3) is 0 Å². The minimum atomic E-state index is 0.141. The summed E-state index contributed by atoms with van der Waals surface area (Å²) in [6.07, 6.45) is 2.21. The molecule has 2 aliphatic rings. The van der Waals surface area contributed by atoms with E-state index in [0.717, 1.165) is 22.8 Å². The van der Waals surface area contributed by atoms with Gasteiger partial charge in [-0.3, -0.25) is 0 Å². The number of allylic oxidation sites excluding steroid dienone is 1. The molecule has 2 aliphatic heterocycles. The first-order valence-corrected chi connectivity index (χ1v) is 9.66. The van der Waals surface area contributed by atoms with Crippen LogP contribution in [-0.4, -0.2) is 28.4 Å². The predicted octanol–water partition coefficient (Wildman–Crippen LogP) is 4.68. The molecule has 28 heavy (non-hydrogen) atoms. The summed E-state index contributed by atoms with van der Waals surface area (Å²) in [4.78, 5) is 9.52. The van der Waals surface area contributed by atoms with Gasteiger partial charge in [-0.25, -0.2) is 4.98 Å². The van der Waals surface area contributed by atoms with Crippen LogP contribution in [-0.2, 0) is 0 Å². The zero-order valence-corrected chi connectivity index (χ0v) is 16.4. The summed E-state index contributed by atoms with van der Waals surface area (Å²) >= 11 is 0. The number of nitrogens with zero attached hydrogens (tertiary/aromatic N) is 5. The number of hydrogen-bond donors (Lipinski definition) is 0. The van der Waals surface area contributed by atoms with E-state index in [1.165, 1.54) is 11.3 Å². The van der Waals surface area contributed by atoms with E-state index >= 15 is 0 Å². The van der Waals surface area contributed by atoms with Crippen LogP contribution < -0.4 is 9.80 Å². The van der Waals surface area contributed by atoms with Crippen molar-refractivity contribution in [2.75, 3.05) is 16.8 Å². The van der Waals surface area contributed by atoms with E-state index in [1.807, 2.05) is 12.1 Å². The zero-order chi connectivity index (χ0) is 19.4. The number of fused-ring (bicyclic) bond motifs is 5. The SMILES string of the molecule is C=CC1c2ccccc2N2c3nc(-c4ccccc4C)nnc3N(C)C2C1C. The summed E-state index contributed by atoms with van der Waals surface area (Å²) in [5, 5.41) is 9.05. The van der Waals surface area contributed by atoms with Crippen LogP contribution in [0.25, 0.3) is 11.4 Å². The molecular weight excluding hydrogens is 346 g/mol. The molecular formula is C23H23N5. The lowest BCUT2D eigenvalue weighted by Crippen LogP contribution is -2.48. The van der Waals surface area contributed by atoms with Gasteiger partial charge in [-0.15, -0.1) is 16.8 Å². The smallest absolute Gasteiger partial charge is 0.196 e. The normalized spacial score (nSPS) is 22.5. The fourth-order valence-electron chi connectivity index (χ4n) is 4.71. The minimum Gasteiger partial charge on any atom is -0.334 e. The van der Waals surface area contributed by atoms with Crippen LogP contribution in [0.3, 0.4) is 0 Å². The molecule has 3 atom stereocenters. The first-order valence-electron chi connectivity index (χ1n) is 9.66. The lowest BCUT2D eigenvalue weighted by Gasteiger charge is -2.43. The van der Waals surface area contributed by atoms with E-state index in [1.54, 1.807) is 0 Å².